The molecule has 32 heavy (non-hydrogen) atoms. The number of carbonyl (C=O) groups is 1. The van der Waals surface area contributed by atoms with Crippen molar-refractivity contribution in [3.63, 3.8) is 0 Å². The second-order valence-electron chi connectivity index (χ2n) is 8.09. The third-order valence-electron chi connectivity index (χ3n) is 5.83. The van der Waals surface area contributed by atoms with Gasteiger partial charge >= 0.3 is 0 Å². The van der Waals surface area contributed by atoms with E-state index in [9.17, 15) is 17.6 Å². The lowest BCUT2D eigenvalue weighted by Gasteiger charge is -2.11. The number of hydrogen-bond acceptors (Lipinski definition) is 4. The number of nitrogens with zero attached hydrogens (tertiary/aromatic N) is 2. The Hall–Kier alpha value is -3.00. The molecule has 1 fully saturated rings. The molecule has 1 aromatic heterocycles. The molecular formula is C24H26FN3O3S. The molecule has 4 rings (SSSR count). The van der Waals surface area contributed by atoms with Gasteiger partial charge in [-0.1, -0.05) is 31.0 Å². The SMILES string of the molecule is O=C(CCS(=O)(=O)C1CCCC1)NCc1cn(-c2ccccc2)nc1-c1ccc(F)cc1. The van der Waals surface area contributed by atoms with Crippen molar-refractivity contribution in [2.75, 3.05) is 5.75 Å². The van der Waals surface area contributed by atoms with Gasteiger partial charge in [0.15, 0.2) is 9.84 Å². The van der Waals surface area contributed by atoms with Crippen LogP contribution in [0.3, 0.4) is 0 Å². The highest BCUT2D eigenvalue weighted by molar-refractivity contribution is 7.92. The molecule has 1 heterocycles. The van der Waals surface area contributed by atoms with E-state index in [4.69, 9.17) is 0 Å². The monoisotopic (exact) mass is 455 g/mol. The van der Waals surface area contributed by atoms with Crippen LogP contribution in [0.5, 0.6) is 0 Å². The van der Waals surface area contributed by atoms with Crippen molar-refractivity contribution < 1.29 is 17.6 Å². The molecule has 0 unspecified atom stereocenters. The molecule has 1 N–H and O–H groups in total. The van der Waals surface area contributed by atoms with E-state index in [1.807, 2.05) is 36.5 Å². The highest BCUT2D eigenvalue weighted by Gasteiger charge is 2.28. The lowest BCUT2D eigenvalue weighted by molar-refractivity contribution is -0.120. The van der Waals surface area contributed by atoms with Crippen LogP contribution in [0, 0.1) is 5.82 Å². The van der Waals surface area contributed by atoms with Crippen molar-refractivity contribution in [1.82, 2.24) is 15.1 Å². The molecule has 2 aromatic carbocycles. The third kappa shape index (κ3) is 5.24. The molecule has 6 nitrogen and oxygen atoms in total. The number of nitrogens with one attached hydrogen (secondary N) is 1. The average Bonchev–Trinajstić information content (AvgIpc) is 3.48. The Labute approximate surface area is 187 Å². The van der Waals surface area contributed by atoms with Gasteiger partial charge in [0.1, 0.15) is 5.82 Å². The van der Waals surface area contributed by atoms with Crippen molar-refractivity contribution in [3.8, 4) is 16.9 Å². The van der Waals surface area contributed by atoms with Gasteiger partial charge in [0.25, 0.3) is 0 Å². The third-order valence-corrected chi connectivity index (χ3v) is 8.09. The number of aromatic nitrogens is 2. The van der Waals surface area contributed by atoms with E-state index in [2.05, 4.69) is 10.4 Å². The van der Waals surface area contributed by atoms with Gasteiger partial charge in [-0.25, -0.2) is 17.5 Å². The number of para-hydroxylation sites is 1. The van der Waals surface area contributed by atoms with Gasteiger partial charge in [0.05, 0.1) is 22.4 Å². The molecule has 168 valence electrons. The summed E-state index contributed by atoms with van der Waals surface area (Å²) in [6, 6.07) is 15.6. The standard InChI is InChI=1S/C24H26FN3O3S/c25-20-12-10-18(11-13-20)24-19(17-28(27-24)21-6-2-1-3-7-21)16-26-23(29)14-15-32(30,31)22-8-4-5-9-22/h1-3,6-7,10-13,17,22H,4-5,8-9,14-16H2,(H,26,29). The van der Waals surface area contributed by atoms with Crippen LogP contribution in [-0.4, -0.2) is 35.1 Å². The normalized spacial score (nSPS) is 14.5. The van der Waals surface area contributed by atoms with Crippen molar-refractivity contribution in [2.24, 2.45) is 0 Å². The minimum Gasteiger partial charge on any atom is -0.352 e. The summed E-state index contributed by atoms with van der Waals surface area (Å²) < 4.78 is 39.9. The first-order valence-electron chi connectivity index (χ1n) is 10.8. The predicted octanol–water partition coefficient (Wildman–Crippen LogP) is 4.04. The minimum absolute atomic E-state index is 0.0580. The Morgan fingerprint density at radius 2 is 1.75 bits per heavy atom. The number of hydrogen-bond donors (Lipinski definition) is 1. The summed E-state index contributed by atoms with van der Waals surface area (Å²) in [4.78, 5) is 12.4. The first-order chi connectivity index (χ1) is 15.4. The number of carbonyl (C=O) groups excluding carboxylic acids is 1. The minimum atomic E-state index is -3.24. The number of rotatable bonds is 8. The van der Waals surface area contributed by atoms with E-state index >= 15 is 0 Å². The molecular weight excluding hydrogens is 429 g/mol. The Kier molecular flexibility index (Phi) is 6.69. The highest BCUT2D eigenvalue weighted by atomic mass is 32.2. The zero-order valence-electron chi connectivity index (χ0n) is 17.7. The van der Waals surface area contributed by atoms with Crippen LogP contribution in [0.15, 0.2) is 60.8 Å². The summed E-state index contributed by atoms with van der Waals surface area (Å²) >= 11 is 0. The van der Waals surface area contributed by atoms with E-state index in [1.165, 1.54) is 12.1 Å². The van der Waals surface area contributed by atoms with Crippen LogP contribution in [0.1, 0.15) is 37.7 Å². The number of halogens is 1. The fourth-order valence-electron chi connectivity index (χ4n) is 4.03. The van der Waals surface area contributed by atoms with Crippen LogP contribution in [0.2, 0.25) is 0 Å². The van der Waals surface area contributed by atoms with E-state index in [0.29, 0.717) is 18.5 Å². The van der Waals surface area contributed by atoms with E-state index in [0.717, 1.165) is 29.7 Å². The van der Waals surface area contributed by atoms with Gasteiger partial charge in [-0.3, -0.25) is 4.79 Å². The zero-order chi connectivity index (χ0) is 22.6. The summed E-state index contributed by atoms with van der Waals surface area (Å²) in [6.45, 7) is 0.196. The lowest BCUT2D eigenvalue weighted by Crippen LogP contribution is -2.28. The van der Waals surface area contributed by atoms with Gasteiger partial charge in [-0.15, -0.1) is 0 Å². The fourth-order valence-corrected chi connectivity index (χ4v) is 5.89. The van der Waals surface area contributed by atoms with Crippen molar-refractivity contribution in [2.45, 2.75) is 43.9 Å². The molecule has 0 radical (unpaired) electrons. The Balaban J connectivity index is 1.47. The molecule has 1 saturated carbocycles. The molecule has 0 bridgehead atoms. The summed E-state index contributed by atoms with van der Waals surface area (Å²) in [7, 11) is -3.24. The zero-order valence-corrected chi connectivity index (χ0v) is 18.5. The second-order valence-corrected chi connectivity index (χ2v) is 10.5. The van der Waals surface area contributed by atoms with Gasteiger partial charge in [-0.2, -0.15) is 5.10 Å². The summed E-state index contributed by atoms with van der Waals surface area (Å²) in [5.74, 6) is -0.781. The van der Waals surface area contributed by atoms with Crippen LogP contribution < -0.4 is 5.32 Å². The predicted molar refractivity (Wildman–Crippen MR) is 121 cm³/mol. The Morgan fingerprint density at radius 3 is 2.44 bits per heavy atom. The summed E-state index contributed by atoms with van der Waals surface area (Å²) in [5, 5.41) is 7.16. The molecule has 1 aliphatic rings. The molecule has 1 aliphatic carbocycles. The summed E-state index contributed by atoms with van der Waals surface area (Å²) in [5.41, 5.74) is 2.98. The topological polar surface area (TPSA) is 81.1 Å². The second kappa shape index (κ2) is 9.65. The first-order valence-corrected chi connectivity index (χ1v) is 12.5. The quantitative estimate of drug-likeness (QED) is 0.556. The number of benzene rings is 2. The highest BCUT2D eigenvalue weighted by Crippen LogP contribution is 2.26. The molecule has 0 atom stereocenters. The first kappa shape index (κ1) is 22.2. The van der Waals surface area contributed by atoms with Gasteiger partial charge in [0, 0.05) is 30.3 Å². The smallest absolute Gasteiger partial charge is 0.221 e. The fraction of sp³-hybridized carbons (Fsp3) is 0.333. The van der Waals surface area contributed by atoms with E-state index in [-0.39, 0.29) is 35.7 Å². The van der Waals surface area contributed by atoms with Crippen LogP contribution in [-0.2, 0) is 21.2 Å². The maximum absolute atomic E-state index is 13.4. The van der Waals surface area contributed by atoms with Crippen molar-refractivity contribution in [1.29, 1.82) is 0 Å². The largest absolute Gasteiger partial charge is 0.352 e. The van der Waals surface area contributed by atoms with Crippen LogP contribution >= 0.6 is 0 Å². The molecule has 0 aliphatic heterocycles. The van der Waals surface area contributed by atoms with Crippen LogP contribution in [0.25, 0.3) is 16.9 Å². The van der Waals surface area contributed by atoms with Gasteiger partial charge in [0.2, 0.25) is 5.91 Å². The average molecular weight is 456 g/mol. The molecule has 0 spiro atoms. The van der Waals surface area contributed by atoms with E-state index < -0.39 is 9.84 Å². The van der Waals surface area contributed by atoms with Gasteiger partial charge in [-0.05, 0) is 49.2 Å². The van der Waals surface area contributed by atoms with Crippen molar-refractivity contribution in [3.05, 3.63) is 72.2 Å². The molecule has 3 aromatic rings. The lowest BCUT2D eigenvalue weighted by atomic mass is 10.1. The molecule has 0 saturated heterocycles. The maximum atomic E-state index is 13.4. The van der Waals surface area contributed by atoms with Crippen molar-refractivity contribution >= 4 is 15.7 Å². The van der Waals surface area contributed by atoms with Gasteiger partial charge < -0.3 is 5.32 Å². The Bertz CT molecular complexity index is 1170. The molecule has 1 amide bonds. The van der Waals surface area contributed by atoms with E-state index in [1.54, 1.807) is 16.8 Å². The summed E-state index contributed by atoms with van der Waals surface area (Å²) in [6.07, 6.45) is 5.04. The Morgan fingerprint density at radius 1 is 1.06 bits per heavy atom. The number of sulfone groups is 1. The van der Waals surface area contributed by atoms with Crippen LogP contribution in [0.4, 0.5) is 4.39 Å². The molecule has 8 heteroatoms. The maximum Gasteiger partial charge on any atom is 0.221 e. The number of amides is 1.